The number of carbonyl (C=O) groups is 1. The predicted molar refractivity (Wildman–Crippen MR) is 75.6 cm³/mol. The second-order valence-corrected chi connectivity index (χ2v) is 7.31. The van der Waals surface area contributed by atoms with E-state index in [0.717, 1.165) is 22.5 Å². The number of aliphatic carboxylic acids is 1. The van der Waals surface area contributed by atoms with Gasteiger partial charge in [0.2, 0.25) is 10.0 Å². The van der Waals surface area contributed by atoms with E-state index in [2.05, 4.69) is 0 Å². The first-order valence-electron chi connectivity index (χ1n) is 5.82. The Balaban J connectivity index is 2.45. The summed E-state index contributed by atoms with van der Waals surface area (Å²) in [6.45, 7) is 1.44. The van der Waals surface area contributed by atoms with Crippen LogP contribution < -0.4 is 0 Å². The van der Waals surface area contributed by atoms with E-state index in [1.807, 2.05) is 0 Å². The number of carboxylic acids is 1. The van der Waals surface area contributed by atoms with E-state index in [1.54, 1.807) is 0 Å². The van der Waals surface area contributed by atoms with E-state index in [-0.39, 0.29) is 27.8 Å². The minimum absolute atomic E-state index is 0.0513. The van der Waals surface area contributed by atoms with Gasteiger partial charge in [-0.05, 0) is 18.6 Å². The summed E-state index contributed by atoms with van der Waals surface area (Å²) in [5.74, 6) is -0.973. The Morgan fingerprint density at radius 1 is 1.52 bits per heavy atom. The molecule has 10 heteroatoms. The van der Waals surface area contributed by atoms with E-state index in [0.29, 0.717) is 0 Å². The van der Waals surface area contributed by atoms with Crippen molar-refractivity contribution in [3.8, 4) is 0 Å². The van der Waals surface area contributed by atoms with Gasteiger partial charge in [-0.3, -0.25) is 14.9 Å². The minimum Gasteiger partial charge on any atom is -0.480 e. The molecule has 1 aliphatic rings. The molecule has 1 aromatic carbocycles. The molecule has 0 radical (unpaired) electrons. The van der Waals surface area contributed by atoms with E-state index < -0.39 is 27.0 Å². The van der Waals surface area contributed by atoms with Gasteiger partial charge >= 0.3 is 5.97 Å². The molecule has 1 fully saturated rings. The fraction of sp³-hybridized carbons (Fsp3) is 0.364. The maximum Gasteiger partial charge on any atom is 0.322 e. The molecule has 1 aromatic rings. The van der Waals surface area contributed by atoms with Gasteiger partial charge in [0.25, 0.3) is 5.69 Å². The molecule has 0 aromatic heterocycles. The Hall–Kier alpha value is -1.65. The molecule has 0 aliphatic carbocycles. The summed E-state index contributed by atoms with van der Waals surface area (Å²) in [6.07, 6.45) is 0. The SMILES string of the molecule is Cc1cc([N+](=O)[O-])ccc1S(=O)(=O)N1CSCC1C(=O)O. The van der Waals surface area contributed by atoms with Gasteiger partial charge in [-0.25, -0.2) is 8.42 Å². The lowest BCUT2D eigenvalue weighted by atomic mass is 10.2. The molecule has 1 atom stereocenters. The second kappa shape index (κ2) is 5.62. The smallest absolute Gasteiger partial charge is 0.322 e. The van der Waals surface area contributed by atoms with Crippen LogP contribution in [0.3, 0.4) is 0 Å². The van der Waals surface area contributed by atoms with Crippen LogP contribution >= 0.6 is 11.8 Å². The molecule has 1 N–H and O–H groups in total. The van der Waals surface area contributed by atoms with Gasteiger partial charge in [-0.15, -0.1) is 11.8 Å². The molecular weight excluding hydrogens is 320 g/mol. The van der Waals surface area contributed by atoms with Crippen LogP contribution in [0, 0.1) is 17.0 Å². The van der Waals surface area contributed by atoms with Crippen LogP contribution in [0.5, 0.6) is 0 Å². The zero-order valence-electron chi connectivity index (χ0n) is 10.9. The molecule has 2 rings (SSSR count). The van der Waals surface area contributed by atoms with Crippen LogP contribution in [0.2, 0.25) is 0 Å². The van der Waals surface area contributed by atoms with Crippen molar-refractivity contribution in [1.29, 1.82) is 0 Å². The number of carboxylic acid groups (broad SMARTS) is 1. The maximum atomic E-state index is 12.5. The van der Waals surface area contributed by atoms with Crippen LogP contribution in [0.4, 0.5) is 5.69 Å². The van der Waals surface area contributed by atoms with E-state index in [1.165, 1.54) is 18.7 Å². The van der Waals surface area contributed by atoms with Gasteiger partial charge < -0.3 is 5.11 Å². The van der Waals surface area contributed by atoms with Crippen LogP contribution in [-0.2, 0) is 14.8 Å². The summed E-state index contributed by atoms with van der Waals surface area (Å²) >= 11 is 1.21. The highest BCUT2D eigenvalue weighted by Gasteiger charge is 2.40. The van der Waals surface area contributed by atoms with E-state index in [9.17, 15) is 23.3 Å². The summed E-state index contributed by atoms with van der Waals surface area (Å²) in [5, 5.41) is 19.7. The van der Waals surface area contributed by atoms with Crippen molar-refractivity contribution >= 4 is 33.4 Å². The topological polar surface area (TPSA) is 118 Å². The number of hydrogen-bond acceptors (Lipinski definition) is 6. The molecule has 1 heterocycles. The monoisotopic (exact) mass is 332 g/mol. The minimum atomic E-state index is -4.00. The van der Waals surface area contributed by atoms with Gasteiger partial charge in [0, 0.05) is 17.9 Å². The number of aryl methyl sites for hydroxylation is 1. The number of nitrogens with zero attached hydrogens (tertiary/aromatic N) is 2. The zero-order chi connectivity index (χ0) is 15.8. The Labute approximate surface area is 125 Å². The van der Waals surface area contributed by atoms with Crippen molar-refractivity contribution < 1.29 is 23.2 Å². The summed E-state index contributed by atoms with van der Waals surface area (Å²) in [6, 6.07) is 2.28. The summed E-state index contributed by atoms with van der Waals surface area (Å²) in [4.78, 5) is 21.1. The van der Waals surface area contributed by atoms with Crippen molar-refractivity contribution in [3.05, 3.63) is 33.9 Å². The van der Waals surface area contributed by atoms with E-state index in [4.69, 9.17) is 5.11 Å². The molecule has 0 bridgehead atoms. The van der Waals surface area contributed by atoms with Gasteiger partial charge in [-0.2, -0.15) is 4.31 Å². The average molecular weight is 332 g/mol. The zero-order valence-corrected chi connectivity index (χ0v) is 12.6. The van der Waals surface area contributed by atoms with Gasteiger partial charge in [0.1, 0.15) is 6.04 Å². The fourth-order valence-corrected chi connectivity index (χ4v) is 5.36. The number of nitro benzene ring substituents is 1. The Morgan fingerprint density at radius 2 is 2.19 bits per heavy atom. The number of hydrogen-bond donors (Lipinski definition) is 1. The lowest BCUT2D eigenvalue weighted by Gasteiger charge is -2.21. The number of benzene rings is 1. The van der Waals surface area contributed by atoms with Crippen molar-refractivity contribution in [1.82, 2.24) is 4.31 Å². The predicted octanol–water partition coefficient (Wildman–Crippen LogP) is 1.05. The molecule has 8 nitrogen and oxygen atoms in total. The van der Waals surface area contributed by atoms with Crippen LogP contribution in [0.1, 0.15) is 5.56 Å². The average Bonchev–Trinajstić information content (AvgIpc) is 2.88. The number of thioether (sulfide) groups is 1. The van der Waals surface area contributed by atoms with Crippen molar-refractivity contribution in [2.75, 3.05) is 11.6 Å². The second-order valence-electron chi connectivity index (χ2n) is 4.45. The Morgan fingerprint density at radius 3 is 2.71 bits per heavy atom. The third-order valence-electron chi connectivity index (χ3n) is 3.08. The largest absolute Gasteiger partial charge is 0.480 e. The first-order chi connectivity index (χ1) is 9.75. The Bertz CT molecular complexity index is 703. The van der Waals surface area contributed by atoms with Crippen LogP contribution in [-0.4, -0.2) is 46.4 Å². The van der Waals surface area contributed by atoms with Crippen molar-refractivity contribution in [2.45, 2.75) is 17.9 Å². The highest BCUT2D eigenvalue weighted by atomic mass is 32.2. The number of sulfonamides is 1. The Kier molecular flexibility index (Phi) is 4.21. The fourth-order valence-electron chi connectivity index (χ4n) is 2.02. The number of rotatable bonds is 4. The van der Waals surface area contributed by atoms with Crippen LogP contribution in [0.15, 0.2) is 23.1 Å². The third-order valence-corrected chi connectivity index (χ3v) is 6.27. The quantitative estimate of drug-likeness (QED) is 0.646. The molecule has 21 heavy (non-hydrogen) atoms. The van der Waals surface area contributed by atoms with Crippen molar-refractivity contribution in [3.63, 3.8) is 0 Å². The third kappa shape index (κ3) is 2.87. The molecule has 1 aliphatic heterocycles. The number of nitro groups is 1. The molecule has 0 spiro atoms. The normalized spacial score (nSPS) is 19.6. The van der Waals surface area contributed by atoms with Crippen molar-refractivity contribution in [2.24, 2.45) is 0 Å². The molecular formula is C11H12N2O6S2. The van der Waals surface area contributed by atoms with Gasteiger partial charge in [0.05, 0.1) is 15.7 Å². The van der Waals surface area contributed by atoms with Crippen LogP contribution in [0.25, 0.3) is 0 Å². The summed E-state index contributed by atoms with van der Waals surface area (Å²) < 4.78 is 26.0. The molecule has 0 saturated carbocycles. The first kappa shape index (κ1) is 15.7. The highest BCUT2D eigenvalue weighted by molar-refractivity contribution is 8.00. The highest BCUT2D eigenvalue weighted by Crippen LogP contribution is 2.31. The molecule has 1 unspecified atom stereocenters. The molecule has 114 valence electrons. The molecule has 1 saturated heterocycles. The van der Waals surface area contributed by atoms with Gasteiger partial charge in [-0.1, -0.05) is 0 Å². The maximum absolute atomic E-state index is 12.5. The summed E-state index contributed by atoms with van der Waals surface area (Å²) in [5.41, 5.74) is 0.00210. The lowest BCUT2D eigenvalue weighted by Crippen LogP contribution is -2.41. The summed E-state index contributed by atoms with van der Waals surface area (Å²) in [7, 11) is -4.00. The standard InChI is InChI=1S/C11H12N2O6S2/c1-7-4-8(13(16)17)2-3-10(7)21(18,19)12-6-20-5-9(12)11(14)15/h2-4,9H,5-6H2,1H3,(H,14,15). The van der Waals surface area contributed by atoms with Gasteiger partial charge in [0.15, 0.2) is 0 Å². The first-order valence-corrected chi connectivity index (χ1v) is 8.42. The molecule has 0 amide bonds. The van der Waals surface area contributed by atoms with E-state index >= 15 is 0 Å². The number of non-ortho nitro benzene ring substituents is 1. The lowest BCUT2D eigenvalue weighted by molar-refractivity contribution is -0.385.